The van der Waals surface area contributed by atoms with Crippen LogP contribution in [0, 0.1) is 10.1 Å². The third kappa shape index (κ3) is 3.42. The number of nitro groups is 1. The van der Waals surface area contributed by atoms with Crippen molar-refractivity contribution in [3.63, 3.8) is 0 Å². The number of nitrogens with one attached hydrogen (secondary N) is 2. The fourth-order valence-corrected chi connectivity index (χ4v) is 2.31. The van der Waals surface area contributed by atoms with E-state index in [-0.39, 0.29) is 15.8 Å². The molecule has 0 radical (unpaired) electrons. The SMILES string of the molecule is CNC(=O)c1ccc(NC(=O)c2ccc([N+](=O)[O-])s2)cc1. The van der Waals surface area contributed by atoms with Crippen LogP contribution in [0.1, 0.15) is 20.0 Å². The van der Waals surface area contributed by atoms with Crippen molar-refractivity contribution in [1.82, 2.24) is 5.32 Å². The quantitative estimate of drug-likeness (QED) is 0.668. The smallest absolute Gasteiger partial charge is 0.324 e. The Labute approximate surface area is 123 Å². The van der Waals surface area contributed by atoms with Crippen LogP contribution in [0.25, 0.3) is 0 Å². The Balaban J connectivity index is 2.08. The van der Waals surface area contributed by atoms with Gasteiger partial charge in [0.05, 0.1) is 9.80 Å². The molecule has 0 aliphatic carbocycles. The first-order valence-corrected chi connectivity index (χ1v) is 6.70. The molecule has 0 atom stereocenters. The van der Waals surface area contributed by atoms with Crippen LogP contribution < -0.4 is 10.6 Å². The minimum absolute atomic E-state index is 0.0879. The molecule has 1 heterocycles. The number of thiophene rings is 1. The number of carbonyl (C=O) groups is 2. The third-order valence-electron chi connectivity index (χ3n) is 2.63. The Hall–Kier alpha value is -2.74. The molecule has 0 saturated carbocycles. The number of amides is 2. The average Bonchev–Trinajstić information content (AvgIpc) is 2.97. The first-order valence-electron chi connectivity index (χ1n) is 5.89. The van der Waals surface area contributed by atoms with Crippen molar-refractivity contribution >= 4 is 33.8 Å². The van der Waals surface area contributed by atoms with E-state index in [0.717, 1.165) is 11.3 Å². The maximum absolute atomic E-state index is 11.9. The summed E-state index contributed by atoms with van der Waals surface area (Å²) in [4.78, 5) is 33.6. The summed E-state index contributed by atoms with van der Waals surface area (Å²) in [5.41, 5.74) is 0.978. The van der Waals surface area contributed by atoms with Gasteiger partial charge in [-0.1, -0.05) is 11.3 Å². The van der Waals surface area contributed by atoms with E-state index in [4.69, 9.17) is 0 Å². The molecule has 0 unspecified atom stereocenters. The van der Waals surface area contributed by atoms with Gasteiger partial charge in [0.2, 0.25) is 0 Å². The number of rotatable bonds is 4. The molecule has 0 aliphatic rings. The monoisotopic (exact) mass is 305 g/mol. The lowest BCUT2D eigenvalue weighted by atomic mass is 10.2. The highest BCUT2D eigenvalue weighted by Gasteiger charge is 2.15. The lowest BCUT2D eigenvalue weighted by Gasteiger charge is -2.04. The second-order valence-electron chi connectivity index (χ2n) is 4.01. The number of anilines is 1. The van der Waals surface area contributed by atoms with Gasteiger partial charge < -0.3 is 10.6 Å². The maximum atomic E-state index is 11.9. The maximum Gasteiger partial charge on any atom is 0.324 e. The van der Waals surface area contributed by atoms with Crippen molar-refractivity contribution in [3.8, 4) is 0 Å². The van der Waals surface area contributed by atoms with E-state index in [1.807, 2.05) is 0 Å². The molecule has 0 aliphatic heterocycles. The molecule has 21 heavy (non-hydrogen) atoms. The summed E-state index contributed by atoms with van der Waals surface area (Å²) in [6.07, 6.45) is 0. The number of benzene rings is 1. The third-order valence-corrected chi connectivity index (χ3v) is 3.66. The zero-order valence-electron chi connectivity index (χ0n) is 11.0. The minimum Gasteiger partial charge on any atom is -0.355 e. The number of hydrogen-bond donors (Lipinski definition) is 2. The fourth-order valence-electron chi connectivity index (χ4n) is 1.59. The van der Waals surface area contributed by atoms with Crippen LogP contribution in [0.2, 0.25) is 0 Å². The molecule has 1 aromatic carbocycles. The topological polar surface area (TPSA) is 101 Å². The van der Waals surface area contributed by atoms with Crippen LogP contribution in [0.4, 0.5) is 10.7 Å². The van der Waals surface area contributed by atoms with Gasteiger partial charge in [-0.25, -0.2) is 0 Å². The largest absolute Gasteiger partial charge is 0.355 e. The minimum atomic E-state index is -0.542. The Bertz CT molecular complexity index is 694. The molecule has 8 heteroatoms. The van der Waals surface area contributed by atoms with Crippen LogP contribution in [0.5, 0.6) is 0 Å². The van der Waals surface area contributed by atoms with Crippen molar-refractivity contribution in [2.75, 3.05) is 12.4 Å². The van der Waals surface area contributed by atoms with Crippen molar-refractivity contribution in [1.29, 1.82) is 0 Å². The highest BCUT2D eigenvalue weighted by atomic mass is 32.1. The zero-order chi connectivity index (χ0) is 15.4. The van der Waals surface area contributed by atoms with Crippen molar-refractivity contribution in [3.05, 3.63) is 57.0 Å². The van der Waals surface area contributed by atoms with Crippen molar-refractivity contribution in [2.45, 2.75) is 0 Å². The Morgan fingerprint density at radius 1 is 1.10 bits per heavy atom. The molecule has 2 rings (SSSR count). The van der Waals surface area contributed by atoms with Crippen LogP contribution in [-0.4, -0.2) is 23.8 Å². The number of hydrogen-bond acceptors (Lipinski definition) is 5. The van der Waals surface area contributed by atoms with E-state index < -0.39 is 10.8 Å². The Kier molecular flexibility index (Phi) is 4.29. The van der Waals surface area contributed by atoms with Gasteiger partial charge in [0.25, 0.3) is 11.8 Å². The second-order valence-corrected chi connectivity index (χ2v) is 5.07. The molecule has 2 N–H and O–H groups in total. The van der Waals surface area contributed by atoms with Crippen LogP contribution >= 0.6 is 11.3 Å². The normalized spacial score (nSPS) is 9.95. The molecule has 108 valence electrons. The van der Waals surface area contributed by atoms with E-state index in [2.05, 4.69) is 10.6 Å². The molecule has 0 spiro atoms. The number of nitrogens with zero attached hydrogens (tertiary/aromatic N) is 1. The Morgan fingerprint density at radius 3 is 2.29 bits per heavy atom. The lowest BCUT2D eigenvalue weighted by Crippen LogP contribution is -2.17. The van der Waals surface area contributed by atoms with E-state index in [0.29, 0.717) is 11.3 Å². The van der Waals surface area contributed by atoms with Crippen LogP contribution in [-0.2, 0) is 0 Å². The molecule has 7 nitrogen and oxygen atoms in total. The van der Waals surface area contributed by atoms with Gasteiger partial charge in [-0.15, -0.1) is 0 Å². The average molecular weight is 305 g/mol. The van der Waals surface area contributed by atoms with Crippen molar-refractivity contribution < 1.29 is 14.5 Å². The summed E-state index contributed by atoms with van der Waals surface area (Å²) >= 11 is 0.805. The van der Waals surface area contributed by atoms with Crippen LogP contribution in [0.15, 0.2) is 36.4 Å². The van der Waals surface area contributed by atoms with Gasteiger partial charge in [-0.05, 0) is 30.3 Å². The van der Waals surface area contributed by atoms with Crippen LogP contribution in [0.3, 0.4) is 0 Å². The van der Waals surface area contributed by atoms with Gasteiger partial charge in [0, 0.05) is 24.4 Å². The first kappa shape index (κ1) is 14.7. The molecule has 2 amide bonds. The predicted octanol–water partition coefficient (Wildman–Crippen LogP) is 2.27. The highest BCUT2D eigenvalue weighted by Crippen LogP contribution is 2.24. The molecule has 0 saturated heterocycles. The summed E-state index contributed by atoms with van der Waals surface area (Å²) in [6, 6.07) is 9.01. The fraction of sp³-hybridized carbons (Fsp3) is 0.0769. The predicted molar refractivity (Wildman–Crippen MR) is 78.8 cm³/mol. The Morgan fingerprint density at radius 2 is 1.76 bits per heavy atom. The van der Waals surface area contributed by atoms with E-state index in [9.17, 15) is 19.7 Å². The van der Waals surface area contributed by atoms with Crippen molar-refractivity contribution in [2.24, 2.45) is 0 Å². The summed E-state index contributed by atoms with van der Waals surface area (Å²) in [7, 11) is 1.53. The second kappa shape index (κ2) is 6.14. The lowest BCUT2D eigenvalue weighted by molar-refractivity contribution is -0.380. The summed E-state index contributed by atoms with van der Waals surface area (Å²) < 4.78 is 0. The molecule has 0 bridgehead atoms. The molecular formula is C13H11N3O4S. The molecular weight excluding hydrogens is 294 g/mol. The molecule has 1 aromatic heterocycles. The molecule has 2 aromatic rings. The van der Waals surface area contributed by atoms with Gasteiger partial charge in [0.1, 0.15) is 0 Å². The number of carbonyl (C=O) groups excluding carboxylic acids is 2. The first-order chi connectivity index (χ1) is 10.0. The van der Waals surface area contributed by atoms with E-state index in [1.54, 1.807) is 24.3 Å². The van der Waals surface area contributed by atoms with Gasteiger partial charge in [-0.2, -0.15) is 0 Å². The van der Waals surface area contributed by atoms with Gasteiger partial charge >= 0.3 is 5.00 Å². The summed E-state index contributed by atoms with van der Waals surface area (Å²) in [6.45, 7) is 0. The summed E-state index contributed by atoms with van der Waals surface area (Å²) in [5.74, 6) is -0.650. The highest BCUT2D eigenvalue weighted by molar-refractivity contribution is 7.17. The van der Waals surface area contributed by atoms with Gasteiger partial charge in [0.15, 0.2) is 0 Å². The summed E-state index contributed by atoms with van der Waals surface area (Å²) in [5, 5.41) is 15.6. The van der Waals surface area contributed by atoms with E-state index in [1.165, 1.54) is 19.2 Å². The van der Waals surface area contributed by atoms with Gasteiger partial charge in [-0.3, -0.25) is 19.7 Å². The van der Waals surface area contributed by atoms with E-state index >= 15 is 0 Å². The zero-order valence-corrected chi connectivity index (χ0v) is 11.8. The standard InChI is InChI=1S/C13H11N3O4S/c1-14-12(17)8-2-4-9(5-3-8)15-13(18)10-6-7-11(21-10)16(19)20/h2-7H,1H3,(H,14,17)(H,15,18). The molecule has 0 fully saturated rings.